The summed E-state index contributed by atoms with van der Waals surface area (Å²) in [7, 11) is -1.30. The topological polar surface area (TPSA) is 163 Å². The van der Waals surface area contributed by atoms with Gasteiger partial charge in [0.05, 0.1) is 12.1 Å². The number of methoxy groups -OCH3 is 2. The molecule has 36 heavy (non-hydrogen) atoms. The van der Waals surface area contributed by atoms with Crippen molar-refractivity contribution in [2.45, 2.75) is 43.7 Å². The Morgan fingerprint density at radius 1 is 1.22 bits per heavy atom. The minimum Gasteiger partial charge on any atom is -0.481 e. The van der Waals surface area contributed by atoms with Crippen molar-refractivity contribution in [3.8, 4) is 17.4 Å². The molecule has 0 unspecified atom stereocenters. The number of rotatable bonds is 11. The number of amides is 1. The third-order valence-corrected chi connectivity index (χ3v) is 7.34. The van der Waals surface area contributed by atoms with Gasteiger partial charge < -0.3 is 14.8 Å². The van der Waals surface area contributed by atoms with Crippen LogP contribution in [0.15, 0.2) is 30.6 Å². The van der Waals surface area contributed by atoms with E-state index >= 15 is 0 Å². The van der Waals surface area contributed by atoms with Gasteiger partial charge in [-0.3, -0.25) is 14.1 Å². The summed E-state index contributed by atoms with van der Waals surface area (Å²) < 4.78 is 41.0. The quantitative estimate of drug-likeness (QED) is 0.367. The Labute approximate surface area is 212 Å². The molecule has 1 aliphatic carbocycles. The van der Waals surface area contributed by atoms with Gasteiger partial charge >= 0.3 is 0 Å². The second kappa shape index (κ2) is 10.7. The Hall–Kier alpha value is -3.36. The molecule has 0 aromatic carbocycles. The molecule has 4 rings (SSSR count). The van der Waals surface area contributed by atoms with Gasteiger partial charge in [-0.2, -0.15) is 0 Å². The molecule has 0 spiro atoms. The van der Waals surface area contributed by atoms with Crippen LogP contribution in [0.2, 0.25) is 5.02 Å². The number of nitrogens with one attached hydrogen (secondary N) is 2. The Morgan fingerprint density at radius 3 is 2.58 bits per heavy atom. The first-order chi connectivity index (χ1) is 17.2. The fourth-order valence-electron chi connectivity index (χ4n) is 3.37. The summed E-state index contributed by atoms with van der Waals surface area (Å²) in [6.07, 6.45) is 3.51. The number of ether oxygens (including phenoxy) is 2. The van der Waals surface area contributed by atoms with E-state index in [1.807, 2.05) is 0 Å². The SMILES string of the molecule is COc1cccc(-c2nnc(NS(=O)(=O)[C@@H](C)[C@H](OC)c3ncc(Cl)cn3)n2CC(=O)NC2CC2)n1. The van der Waals surface area contributed by atoms with E-state index in [1.165, 1.54) is 38.1 Å². The summed E-state index contributed by atoms with van der Waals surface area (Å²) in [5, 5.41) is 10.1. The highest BCUT2D eigenvalue weighted by atomic mass is 35.5. The fraction of sp³-hybridized carbons (Fsp3) is 0.429. The monoisotopic (exact) mass is 536 g/mol. The largest absolute Gasteiger partial charge is 0.481 e. The van der Waals surface area contributed by atoms with Crippen LogP contribution < -0.4 is 14.8 Å². The van der Waals surface area contributed by atoms with Crippen LogP contribution in [0.1, 0.15) is 31.7 Å². The van der Waals surface area contributed by atoms with Crippen molar-refractivity contribution in [1.29, 1.82) is 0 Å². The fourth-order valence-corrected chi connectivity index (χ4v) is 4.62. The van der Waals surface area contributed by atoms with E-state index in [4.69, 9.17) is 21.1 Å². The van der Waals surface area contributed by atoms with E-state index in [2.05, 4.69) is 35.2 Å². The molecule has 2 atom stereocenters. The standard InChI is InChI=1S/C21H25ClN8O5S/c1-12(18(35-3)19-23-9-13(22)10-24-19)36(32,33)29-21-28-27-20(15-5-4-6-17(26-15)34-2)30(21)11-16(31)25-14-7-8-14/h4-6,9-10,12,14,18H,7-8,11H2,1-3H3,(H,25,31)(H,28,29)/t12-,18-/m0/s1. The minimum absolute atomic E-state index is 0.120. The molecular formula is C21H25ClN8O5S. The zero-order chi connectivity index (χ0) is 25.9. The lowest BCUT2D eigenvalue weighted by Crippen LogP contribution is -2.34. The Morgan fingerprint density at radius 2 is 1.94 bits per heavy atom. The molecule has 13 nitrogen and oxygen atoms in total. The average molecular weight is 537 g/mol. The van der Waals surface area contributed by atoms with Gasteiger partial charge in [-0.15, -0.1) is 10.2 Å². The van der Waals surface area contributed by atoms with Crippen LogP contribution in [0.3, 0.4) is 0 Å². The normalized spacial score (nSPS) is 15.2. The molecule has 1 saturated carbocycles. The number of halogens is 1. The molecule has 0 saturated heterocycles. The van der Waals surface area contributed by atoms with Crippen molar-refractivity contribution in [3.63, 3.8) is 0 Å². The van der Waals surface area contributed by atoms with Gasteiger partial charge in [0.25, 0.3) is 0 Å². The van der Waals surface area contributed by atoms with Crippen LogP contribution in [-0.2, 0) is 26.1 Å². The predicted molar refractivity (Wildman–Crippen MR) is 130 cm³/mol. The Kier molecular flexibility index (Phi) is 7.66. The molecule has 2 N–H and O–H groups in total. The molecule has 0 radical (unpaired) electrons. The number of anilines is 1. The first-order valence-electron chi connectivity index (χ1n) is 11.0. The van der Waals surface area contributed by atoms with E-state index in [9.17, 15) is 13.2 Å². The van der Waals surface area contributed by atoms with Gasteiger partial charge in [-0.25, -0.2) is 23.4 Å². The molecule has 3 heterocycles. The predicted octanol–water partition coefficient (Wildman–Crippen LogP) is 1.59. The van der Waals surface area contributed by atoms with Gasteiger partial charge in [0.15, 0.2) is 11.6 Å². The molecule has 15 heteroatoms. The highest BCUT2D eigenvalue weighted by Crippen LogP contribution is 2.27. The van der Waals surface area contributed by atoms with Crippen LogP contribution in [0.5, 0.6) is 5.88 Å². The van der Waals surface area contributed by atoms with E-state index in [-0.39, 0.29) is 36.1 Å². The van der Waals surface area contributed by atoms with Gasteiger partial charge in [-0.1, -0.05) is 17.7 Å². The molecule has 3 aromatic rings. The first-order valence-corrected chi connectivity index (χ1v) is 12.9. The van der Waals surface area contributed by atoms with E-state index in [0.717, 1.165) is 12.8 Å². The summed E-state index contributed by atoms with van der Waals surface area (Å²) in [6, 6.07) is 5.13. The zero-order valence-corrected chi connectivity index (χ0v) is 21.3. The van der Waals surface area contributed by atoms with Crippen molar-refractivity contribution in [1.82, 2.24) is 35.0 Å². The van der Waals surface area contributed by atoms with Crippen LogP contribution >= 0.6 is 11.6 Å². The third-order valence-electron chi connectivity index (χ3n) is 5.45. The number of hydrogen-bond donors (Lipinski definition) is 2. The summed E-state index contributed by atoms with van der Waals surface area (Å²) in [5.41, 5.74) is 0.351. The van der Waals surface area contributed by atoms with Crippen molar-refractivity contribution in [2.24, 2.45) is 0 Å². The molecular weight excluding hydrogens is 512 g/mol. The molecule has 0 bridgehead atoms. The molecule has 3 aromatic heterocycles. The van der Waals surface area contributed by atoms with Crippen molar-refractivity contribution in [3.05, 3.63) is 41.4 Å². The van der Waals surface area contributed by atoms with Crippen molar-refractivity contribution < 1.29 is 22.7 Å². The number of carbonyl (C=O) groups is 1. The van der Waals surface area contributed by atoms with Crippen molar-refractivity contribution >= 4 is 33.5 Å². The maximum absolute atomic E-state index is 13.3. The number of sulfonamides is 1. The second-order valence-electron chi connectivity index (χ2n) is 8.11. The summed E-state index contributed by atoms with van der Waals surface area (Å²) in [5.74, 6) is 0.200. The average Bonchev–Trinajstić information content (AvgIpc) is 3.60. The number of hydrogen-bond acceptors (Lipinski definition) is 10. The Bertz CT molecular complexity index is 1330. The third kappa shape index (κ3) is 5.88. The maximum Gasteiger partial charge on any atom is 0.240 e. The first kappa shape index (κ1) is 25.7. The molecule has 1 aliphatic rings. The zero-order valence-electron chi connectivity index (χ0n) is 19.8. The number of pyridine rings is 1. The molecule has 1 fully saturated rings. The highest BCUT2D eigenvalue weighted by molar-refractivity contribution is 7.93. The molecule has 0 aliphatic heterocycles. The number of carbonyl (C=O) groups excluding carboxylic acids is 1. The maximum atomic E-state index is 13.3. The van der Waals surface area contributed by atoms with Crippen LogP contribution in [0.25, 0.3) is 11.5 Å². The highest BCUT2D eigenvalue weighted by Gasteiger charge is 2.34. The second-order valence-corrected chi connectivity index (χ2v) is 10.6. The van der Waals surface area contributed by atoms with Gasteiger partial charge in [0.1, 0.15) is 23.6 Å². The van der Waals surface area contributed by atoms with Crippen LogP contribution in [0.4, 0.5) is 5.95 Å². The molecule has 192 valence electrons. The number of nitrogens with zero attached hydrogens (tertiary/aromatic N) is 6. The van der Waals surface area contributed by atoms with E-state index in [0.29, 0.717) is 16.6 Å². The summed E-state index contributed by atoms with van der Waals surface area (Å²) in [4.78, 5) is 25.1. The summed E-state index contributed by atoms with van der Waals surface area (Å²) >= 11 is 5.84. The van der Waals surface area contributed by atoms with E-state index in [1.54, 1.807) is 18.2 Å². The number of aromatic nitrogens is 6. The van der Waals surface area contributed by atoms with Crippen LogP contribution in [-0.4, -0.2) is 69.6 Å². The van der Waals surface area contributed by atoms with Crippen LogP contribution in [0, 0.1) is 0 Å². The van der Waals surface area contributed by atoms with Gasteiger partial charge in [0, 0.05) is 31.6 Å². The smallest absolute Gasteiger partial charge is 0.240 e. The van der Waals surface area contributed by atoms with Gasteiger partial charge in [0.2, 0.25) is 27.8 Å². The lowest BCUT2D eigenvalue weighted by Gasteiger charge is -2.22. The lowest BCUT2D eigenvalue weighted by molar-refractivity contribution is -0.121. The van der Waals surface area contributed by atoms with Crippen molar-refractivity contribution in [2.75, 3.05) is 18.9 Å². The molecule has 1 amide bonds. The minimum atomic E-state index is -4.12. The summed E-state index contributed by atoms with van der Waals surface area (Å²) in [6.45, 7) is 1.22. The van der Waals surface area contributed by atoms with Gasteiger partial charge in [-0.05, 0) is 25.8 Å². The van der Waals surface area contributed by atoms with E-state index < -0.39 is 21.4 Å². The lowest BCUT2D eigenvalue weighted by atomic mass is 10.2. The Balaban J connectivity index is 1.65.